The summed E-state index contributed by atoms with van der Waals surface area (Å²) in [4.78, 5) is 4.22. The Morgan fingerprint density at radius 3 is 2.68 bits per heavy atom. The van der Waals surface area contributed by atoms with Gasteiger partial charge in [0.15, 0.2) is 11.6 Å². The highest BCUT2D eigenvalue weighted by Gasteiger charge is 2.14. The third-order valence-corrected chi connectivity index (χ3v) is 3.08. The lowest BCUT2D eigenvalue weighted by Gasteiger charge is -2.13. The molecule has 0 aliphatic rings. The van der Waals surface area contributed by atoms with Crippen LogP contribution in [0.1, 0.15) is 35.9 Å². The second-order valence-electron chi connectivity index (χ2n) is 4.49. The van der Waals surface area contributed by atoms with Crippen molar-refractivity contribution in [3.63, 3.8) is 0 Å². The molecule has 102 valence electrons. The molecule has 2 rings (SSSR count). The fourth-order valence-electron chi connectivity index (χ4n) is 1.82. The van der Waals surface area contributed by atoms with Crippen LogP contribution in [0.25, 0.3) is 0 Å². The molecule has 0 radical (unpaired) electrons. The first-order valence-electron chi connectivity index (χ1n) is 6.09. The molecular formula is C14H16F2N2O. The number of hydrogen-bond donors (Lipinski definition) is 1. The SMILES string of the molecule is Cc1nc(CNC(C)c2cccc(F)c2F)oc1C. The molecule has 1 aromatic heterocycles. The molecule has 0 fully saturated rings. The van der Waals surface area contributed by atoms with Crippen LogP contribution in [0.5, 0.6) is 0 Å². The van der Waals surface area contributed by atoms with Crippen LogP contribution in [0.2, 0.25) is 0 Å². The third-order valence-electron chi connectivity index (χ3n) is 3.08. The van der Waals surface area contributed by atoms with Crippen LogP contribution >= 0.6 is 0 Å². The Labute approximate surface area is 110 Å². The number of oxazole rings is 1. The van der Waals surface area contributed by atoms with Crippen molar-refractivity contribution in [2.75, 3.05) is 0 Å². The van der Waals surface area contributed by atoms with E-state index in [2.05, 4.69) is 10.3 Å². The maximum absolute atomic E-state index is 13.6. The Morgan fingerprint density at radius 1 is 1.32 bits per heavy atom. The van der Waals surface area contributed by atoms with Gasteiger partial charge in [-0.2, -0.15) is 0 Å². The Balaban J connectivity index is 2.05. The molecule has 1 heterocycles. The first-order valence-corrected chi connectivity index (χ1v) is 6.09. The summed E-state index contributed by atoms with van der Waals surface area (Å²) in [5.74, 6) is -0.351. The van der Waals surface area contributed by atoms with E-state index in [0.717, 1.165) is 17.5 Å². The molecule has 1 unspecified atom stereocenters. The van der Waals surface area contributed by atoms with Gasteiger partial charge in [-0.1, -0.05) is 12.1 Å². The first-order chi connectivity index (χ1) is 8.99. The monoisotopic (exact) mass is 266 g/mol. The van der Waals surface area contributed by atoms with Gasteiger partial charge in [-0.05, 0) is 26.8 Å². The smallest absolute Gasteiger partial charge is 0.208 e. The summed E-state index contributed by atoms with van der Waals surface area (Å²) in [7, 11) is 0. The van der Waals surface area contributed by atoms with Crippen molar-refractivity contribution in [1.82, 2.24) is 10.3 Å². The summed E-state index contributed by atoms with van der Waals surface area (Å²) in [6.45, 7) is 5.83. The summed E-state index contributed by atoms with van der Waals surface area (Å²) >= 11 is 0. The minimum atomic E-state index is -0.839. The lowest BCUT2D eigenvalue weighted by atomic mass is 10.1. The van der Waals surface area contributed by atoms with Crippen molar-refractivity contribution in [3.05, 3.63) is 52.7 Å². The second kappa shape index (κ2) is 5.48. The van der Waals surface area contributed by atoms with E-state index in [0.29, 0.717) is 18.0 Å². The molecule has 0 bridgehead atoms. The summed E-state index contributed by atoms with van der Waals surface area (Å²) in [5.41, 5.74) is 1.13. The number of aryl methyl sites for hydroxylation is 2. The fraction of sp³-hybridized carbons (Fsp3) is 0.357. The molecule has 0 aliphatic carbocycles. The zero-order chi connectivity index (χ0) is 14.0. The number of aromatic nitrogens is 1. The van der Waals surface area contributed by atoms with Gasteiger partial charge in [0.05, 0.1) is 12.2 Å². The van der Waals surface area contributed by atoms with Gasteiger partial charge < -0.3 is 9.73 Å². The van der Waals surface area contributed by atoms with E-state index in [-0.39, 0.29) is 6.04 Å². The third kappa shape index (κ3) is 2.98. The van der Waals surface area contributed by atoms with Crippen LogP contribution in [0.15, 0.2) is 22.6 Å². The summed E-state index contributed by atoms with van der Waals surface area (Å²) in [5, 5.41) is 3.06. The van der Waals surface area contributed by atoms with Gasteiger partial charge in [0.1, 0.15) is 5.76 Å². The number of nitrogens with zero attached hydrogens (tertiary/aromatic N) is 1. The molecule has 0 aliphatic heterocycles. The lowest BCUT2D eigenvalue weighted by Crippen LogP contribution is -2.19. The lowest BCUT2D eigenvalue weighted by molar-refractivity contribution is 0.422. The summed E-state index contributed by atoms with van der Waals surface area (Å²) in [6.07, 6.45) is 0. The molecule has 1 N–H and O–H groups in total. The summed E-state index contributed by atoms with van der Waals surface area (Å²) < 4.78 is 32.1. The van der Waals surface area contributed by atoms with Crippen LogP contribution in [0.3, 0.4) is 0 Å². The number of benzene rings is 1. The van der Waals surface area contributed by atoms with E-state index < -0.39 is 11.6 Å². The Hall–Kier alpha value is -1.75. The molecule has 1 atom stereocenters. The van der Waals surface area contributed by atoms with Gasteiger partial charge in [-0.3, -0.25) is 0 Å². The highest BCUT2D eigenvalue weighted by atomic mass is 19.2. The topological polar surface area (TPSA) is 38.1 Å². The standard InChI is InChI=1S/C14H16F2N2O/c1-8-10(3)19-13(18-8)7-17-9(2)11-5-4-6-12(15)14(11)16/h4-6,9,17H,7H2,1-3H3. The minimum Gasteiger partial charge on any atom is -0.444 e. The second-order valence-corrected chi connectivity index (χ2v) is 4.49. The van der Waals surface area contributed by atoms with E-state index in [1.165, 1.54) is 6.07 Å². The van der Waals surface area contributed by atoms with Gasteiger partial charge in [-0.15, -0.1) is 0 Å². The molecule has 5 heteroatoms. The van der Waals surface area contributed by atoms with Crippen molar-refractivity contribution >= 4 is 0 Å². The molecular weight excluding hydrogens is 250 g/mol. The number of rotatable bonds is 4. The van der Waals surface area contributed by atoms with Crippen molar-refractivity contribution in [1.29, 1.82) is 0 Å². The van der Waals surface area contributed by atoms with Crippen molar-refractivity contribution in [3.8, 4) is 0 Å². The van der Waals surface area contributed by atoms with Gasteiger partial charge in [0.2, 0.25) is 5.89 Å². The summed E-state index contributed by atoms with van der Waals surface area (Å²) in [6, 6.07) is 3.82. The van der Waals surface area contributed by atoms with Gasteiger partial charge in [-0.25, -0.2) is 13.8 Å². The van der Waals surface area contributed by atoms with Gasteiger partial charge in [0, 0.05) is 11.6 Å². The maximum atomic E-state index is 13.6. The Kier molecular flexibility index (Phi) is 3.95. The average molecular weight is 266 g/mol. The zero-order valence-corrected chi connectivity index (χ0v) is 11.1. The fourth-order valence-corrected chi connectivity index (χ4v) is 1.82. The molecule has 19 heavy (non-hydrogen) atoms. The molecule has 0 saturated heterocycles. The van der Waals surface area contributed by atoms with E-state index in [1.807, 2.05) is 13.8 Å². The molecule has 0 amide bonds. The molecule has 0 spiro atoms. The highest BCUT2D eigenvalue weighted by Crippen LogP contribution is 2.19. The predicted molar refractivity (Wildman–Crippen MR) is 67.6 cm³/mol. The van der Waals surface area contributed by atoms with E-state index in [9.17, 15) is 8.78 Å². The predicted octanol–water partition coefficient (Wildman–Crippen LogP) is 3.42. The van der Waals surface area contributed by atoms with Gasteiger partial charge in [0.25, 0.3) is 0 Å². The highest BCUT2D eigenvalue weighted by molar-refractivity contribution is 5.22. The quantitative estimate of drug-likeness (QED) is 0.921. The van der Waals surface area contributed by atoms with Crippen LogP contribution < -0.4 is 5.32 Å². The zero-order valence-electron chi connectivity index (χ0n) is 11.1. The number of nitrogens with one attached hydrogen (secondary N) is 1. The number of halogens is 2. The van der Waals surface area contributed by atoms with Crippen LogP contribution in [0, 0.1) is 25.5 Å². The van der Waals surface area contributed by atoms with E-state index >= 15 is 0 Å². The first kappa shape index (κ1) is 13.7. The van der Waals surface area contributed by atoms with E-state index in [4.69, 9.17) is 4.42 Å². The molecule has 3 nitrogen and oxygen atoms in total. The largest absolute Gasteiger partial charge is 0.444 e. The Bertz CT molecular complexity index is 561. The number of hydrogen-bond acceptors (Lipinski definition) is 3. The van der Waals surface area contributed by atoms with Crippen molar-refractivity contribution in [2.24, 2.45) is 0 Å². The van der Waals surface area contributed by atoms with Crippen molar-refractivity contribution in [2.45, 2.75) is 33.4 Å². The maximum Gasteiger partial charge on any atom is 0.208 e. The van der Waals surface area contributed by atoms with Crippen LogP contribution in [-0.2, 0) is 6.54 Å². The van der Waals surface area contributed by atoms with Crippen LogP contribution in [-0.4, -0.2) is 4.98 Å². The molecule has 0 saturated carbocycles. The van der Waals surface area contributed by atoms with Gasteiger partial charge >= 0.3 is 0 Å². The molecule has 1 aromatic carbocycles. The minimum absolute atomic E-state index is 0.292. The van der Waals surface area contributed by atoms with E-state index in [1.54, 1.807) is 13.0 Å². The van der Waals surface area contributed by atoms with Crippen molar-refractivity contribution < 1.29 is 13.2 Å². The Morgan fingerprint density at radius 2 is 2.05 bits per heavy atom. The average Bonchev–Trinajstić information content (AvgIpc) is 2.69. The van der Waals surface area contributed by atoms with Crippen LogP contribution in [0.4, 0.5) is 8.78 Å². The molecule has 2 aromatic rings. The normalized spacial score (nSPS) is 12.7.